The third-order valence-corrected chi connectivity index (χ3v) is 3.55. The molecule has 5 heteroatoms. The van der Waals surface area contributed by atoms with Gasteiger partial charge in [-0.3, -0.25) is 0 Å². The maximum atomic E-state index is 5.39. The summed E-state index contributed by atoms with van der Waals surface area (Å²) in [5.74, 6) is 1.76. The van der Waals surface area contributed by atoms with Crippen molar-refractivity contribution in [3.8, 4) is 11.6 Å². The minimum Gasteiger partial charge on any atom is -0.496 e. The molecule has 0 atom stereocenters. The van der Waals surface area contributed by atoms with Crippen LogP contribution in [0.15, 0.2) is 24.3 Å². The van der Waals surface area contributed by atoms with Crippen molar-refractivity contribution >= 4 is 0 Å². The highest BCUT2D eigenvalue weighted by Gasteiger charge is 2.13. The number of ether oxygens (including phenoxy) is 2. The first-order valence-corrected chi connectivity index (χ1v) is 7.06. The summed E-state index contributed by atoms with van der Waals surface area (Å²) >= 11 is 0. The molecule has 2 rings (SSSR count). The second kappa shape index (κ2) is 7.13. The van der Waals surface area contributed by atoms with E-state index in [1.165, 1.54) is 5.56 Å². The summed E-state index contributed by atoms with van der Waals surface area (Å²) in [6.07, 6.45) is 0.922. The van der Waals surface area contributed by atoms with E-state index in [2.05, 4.69) is 16.5 Å². The number of nitrogens with one attached hydrogen (secondary N) is 1. The largest absolute Gasteiger partial charge is 0.496 e. The fraction of sp³-hybridized carbons (Fsp3) is 0.438. The second-order valence-electron chi connectivity index (χ2n) is 4.94. The van der Waals surface area contributed by atoms with Crippen LogP contribution < -0.4 is 14.8 Å². The summed E-state index contributed by atoms with van der Waals surface area (Å²) < 4.78 is 12.5. The normalized spacial score (nSPS) is 10.7. The minimum atomic E-state index is 0.748. The summed E-state index contributed by atoms with van der Waals surface area (Å²) in [7, 11) is 5.27. The molecule has 0 bridgehead atoms. The Morgan fingerprint density at radius 3 is 2.67 bits per heavy atom. The molecule has 0 fully saturated rings. The van der Waals surface area contributed by atoms with Gasteiger partial charge in [0.1, 0.15) is 5.75 Å². The Morgan fingerprint density at radius 1 is 1.19 bits per heavy atom. The molecule has 1 aromatic carbocycles. The number of methoxy groups -OCH3 is 2. The highest BCUT2D eigenvalue weighted by atomic mass is 16.5. The molecule has 0 saturated heterocycles. The van der Waals surface area contributed by atoms with Gasteiger partial charge >= 0.3 is 0 Å². The van der Waals surface area contributed by atoms with Crippen LogP contribution in [0.1, 0.15) is 16.8 Å². The topological polar surface area (TPSA) is 48.3 Å². The van der Waals surface area contributed by atoms with Gasteiger partial charge in [0.2, 0.25) is 5.88 Å². The summed E-state index contributed by atoms with van der Waals surface area (Å²) in [4.78, 5) is 0. The molecule has 21 heavy (non-hydrogen) atoms. The summed E-state index contributed by atoms with van der Waals surface area (Å²) in [5, 5.41) is 7.82. The number of rotatable bonds is 7. The molecule has 5 nitrogen and oxygen atoms in total. The maximum absolute atomic E-state index is 5.39. The van der Waals surface area contributed by atoms with Crippen LogP contribution in [0.4, 0.5) is 0 Å². The fourth-order valence-corrected chi connectivity index (χ4v) is 2.49. The van der Waals surface area contributed by atoms with Gasteiger partial charge in [-0.15, -0.1) is 0 Å². The average Bonchev–Trinajstić information content (AvgIpc) is 2.77. The van der Waals surface area contributed by atoms with Crippen molar-refractivity contribution in [2.45, 2.75) is 19.9 Å². The van der Waals surface area contributed by atoms with Crippen LogP contribution in [0.3, 0.4) is 0 Å². The Hall–Kier alpha value is -2.01. The Morgan fingerprint density at radius 2 is 1.95 bits per heavy atom. The van der Waals surface area contributed by atoms with E-state index in [1.54, 1.807) is 18.9 Å². The van der Waals surface area contributed by atoms with Gasteiger partial charge in [-0.05, 0) is 31.5 Å². The Balaban J connectivity index is 1.91. The van der Waals surface area contributed by atoms with E-state index in [-0.39, 0.29) is 0 Å². The van der Waals surface area contributed by atoms with E-state index in [9.17, 15) is 0 Å². The van der Waals surface area contributed by atoms with Gasteiger partial charge < -0.3 is 14.8 Å². The fourth-order valence-electron chi connectivity index (χ4n) is 2.49. The molecular weight excluding hydrogens is 266 g/mol. The molecule has 1 aromatic heterocycles. The lowest BCUT2D eigenvalue weighted by atomic mass is 10.1. The van der Waals surface area contributed by atoms with E-state index < -0.39 is 0 Å². The van der Waals surface area contributed by atoms with Crippen molar-refractivity contribution in [3.63, 3.8) is 0 Å². The van der Waals surface area contributed by atoms with Gasteiger partial charge in [0.15, 0.2) is 0 Å². The smallest absolute Gasteiger partial charge is 0.216 e. The molecule has 0 radical (unpaired) electrons. The van der Waals surface area contributed by atoms with Crippen LogP contribution in [0.5, 0.6) is 11.6 Å². The molecule has 0 aliphatic rings. The van der Waals surface area contributed by atoms with Crippen LogP contribution in [0.25, 0.3) is 0 Å². The number of hydrogen-bond donors (Lipinski definition) is 1. The molecule has 0 saturated carbocycles. The SMILES string of the molecule is COc1ccccc1CCNCc1c(C)nn(C)c1OC. The lowest BCUT2D eigenvalue weighted by molar-refractivity contribution is 0.368. The zero-order valence-corrected chi connectivity index (χ0v) is 13.1. The highest BCUT2D eigenvalue weighted by molar-refractivity contribution is 5.33. The Labute approximate surface area is 125 Å². The molecule has 1 heterocycles. The average molecular weight is 289 g/mol. The first-order chi connectivity index (χ1) is 10.2. The van der Waals surface area contributed by atoms with Crippen LogP contribution >= 0.6 is 0 Å². The van der Waals surface area contributed by atoms with Crippen molar-refractivity contribution < 1.29 is 9.47 Å². The minimum absolute atomic E-state index is 0.748. The van der Waals surface area contributed by atoms with E-state index in [4.69, 9.17) is 9.47 Å². The van der Waals surface area contributed by atoms with Crippen molar-refractivity contribution in [1.82, 2.24) is 15.1 Å². The summed E-state index contributed by atoms with van der Waals surface area (Å²) in [6, 6.07) is 8.10. The molecule has 0 amide bonds. The third kappa shape index (κ3) is 3.55. The Bertz CT molecular complexity index is 593. The van der Waals surface area contributed by atoms with E-state index >= 15 is 0 Å². The van der Waals surface area contributed by atoms with Crippen LogP contribution in [-0.2, 0) is 20.0 Å². The van der Waals surface area contributed by atoms with Gasteiger partial charge in [-0.25, -0.2) is 4.68 Å². The van der Waals surface area contributed by atoms with Crippen LogP contribution in [-0.4, -0.2) is 30.5 Å². The van der Waals surface area contributed by atoms with E-state index in [1.807, 2.05) is 32.2 Å². The summed E-state index contributed by atoms with van der Waals surface area (Å²) in [5.41, 5.74) is 3.32. The Kier molecular flexibility index (Phi) is 5.22. The maximum Gasteiger partial charge on any atom is 0.216 e. The summed E-state index contributed by atoms with van der Waals surface area (Å²) in [6.45, 7) is 3.62. The predicted molar refractivity (Wildman–Crippen MR) is 82.9 cm³/mol. The number of aryl methyl sites for hydroxylation is 2. The highest BCUT2D eigenvalue weighted by Crippen LogP contribution is 2.21. The van der Waals surface area contributed by atoms with Gasteiger partial charge in [-0.2, -0.15) is 5.10 Å². The third-order valence-electron chi connectivity index (χ3n) is 3.55. The lowest BCUT2D eigenvalue weighted by Gasteiger charge is -2.09. The molecule has 2 aromatic rings. The number of nitrogens with zero attached hydrogens (tertiary/aromatic N) is 2. The predicted octanol–water partition coefficient (Wildman–Crippen LogP) is 2.08. The first kappa shape index (κ1) is 15.4. The van der Waals surface area contributed by atoms with Crippen molar-refractivity contribution in [2.24, 2.45) is 7.05 Å². The van der Waals surface area contributed by atoms with Crippen LogP contribution in [0, 0.1) is 6.92 Å². The van der Waals surface area contributed by atoms with E-state index in [0.29, 0.717) is 0 Å². The molecule has 114 valence electrons. The van der Waals surface area contributed by atoms with Crippen molar-refractivity contribution in [3.05, 3.63) is 41.1 Å². The standard InChI is InChI=1S/C16H23N3O2/c1-12-14(16(21-4)19(2)18-12)11-17-10-9-13-7-5-6-8-15(13)20-3/h5-8,17H,9-11H2,1-4H3. The number of benzene rings is 1. The molecule has 0 aliphatic carbocycles. The molecule has 0 spiro atoms. The molecule has 0 unspecified atom stereocenters. The zero-order valence-electron chi connectivity index (χ0n) is 13.1. The second-order valence-corrected chi connectivity index (χ2v) is 4.94. The lowest BCUT2D eigenvalue weighted by Crippen LogP contribution is -2.17. The van der Waals surface area contributed by atoms with Crippen LogP contribution in [0.2, 0.25) is 0 Å². The first-order valence-electron chi connectivity index (χ1n) is 7.06. The zero-order chi connectivity index (χ0) is 15.2. The van der Waals surface area contributed by atoms with Gasteiger partial charge in [0.25, 0.3) is 0 Å². The molecule has 1 N–H and O–H groups in total. The molecular formula is C16H23N3O2. The molecule has 0 aliphatic heterocycles. The van der Waals surface area contributed by atoms with Gasteiger partial charge in [0.05, 0.1) is 25.5 Å². The number of hydrogen-bond acceptors (Lipinski definition) is 4. The van der Waals surface area contributed by atoms with Crippen molar-refractivity contribution in [1.29, 1.82) is 0 Å². The number of para-hydroxylation sites is 1. The van der Waals surface area contributed by atoms with E-state index in [0.717, 1.165) is 42.4 Å². The van der Waals surface area contributed by atoms with Gasteiger partial charge in [-0.1, -0.05) is 18.2 Å². The number of aromatic nitrogens is 2. The monoisotopic (exact) mass is 289 g/mol. The van der Waals surface area contributed by atoms with Gasteiger partial charge in [0, 0.05) is 13.6 Å². The van der Waals surface area contributed by atoms with Crippen molar-refractivity contribution in [2.75, 3.05) is 20.8 Å². The quantitative estimate of drug-likeness (QED) is 0.793.